The summed E-state index contributed by atoms with van der Waals surface area (Å²) in [5.41, 5.74) is -0.931. The van der Waals surface area contributed by atoms with E-state index in [0.29, 0.717) is 0 Å². The number of benzene rings is 2. The molecular weight excluding hydrogens is 474 g/mol. The van der Waals surface area contributed by atoms with Gasteiger partial charge in [-0.25, -0.2) is 4.39 Å². The van der Waals surface area contributed by atoms with Crippen molar-refractivity contribution in [2.75, 3.05) is 32.8 Å². The molecule has 0 unspecified atom stereocenters. The zero-order valence-corrected chi connectivity index (χ0v) is 17.5. The second kappa shape index (κ2) is 9.61. The molecule has 0 N–H and O–H groups in total. The van der Waals surface area contributed by atoms with Gasteiger partial charge in [0.2, 0.25) is 0 Å². The van der Waals surface area contributed by atoms with Crippen LogP contribution < -0.4 is 4.74 Å². The van der Waals surface area contributed by atoms with E-state index >= 15 is 0 Å². The third-order valence-corrected chi connectivity index (χ3v) is 5.13. The molecule has 1 aliphatic heterocycles. The van der Waals surface area contributed by atoms with Crippen LogP contribution in [0.1, 0.15) is 20.7 Å². The van der Waals surface area contributed by atoms with E-state index in [1.807, 2.05) is 0 Å². The number of ether oxygens (including phenoxy) is 1. The molecule has 0 atom stereocenters. The molecule has 1 heterocycles. The second-order valence-electron chi connectivity index (χ2n) is 7.05. The van der Waals surface area contributed by atoms with Crippen molar-refractivity contribution in [2.24, 2.45) is 0 Å². The molecule has 0 saturated carbocycles. The molecule has 0 radical (unpaired) electrons. The molecule has 13 heteroatoms. The maximum Gasteiger partial charge on any atom is 0.422 e. The van der Waals surface area contributed by atoms with Crippen LogP contribution in [-0.2, 0) is 0 Å². The largest absolute Gasteiger partial charge is 0.484 e. The van der Waals surface area contributed by atoms with Gasteiger partial charge in [0.05, 0.1) is 15.5 Å². The fraction of sp³-hybridized carbons (Fsp3) is 0.300. The summed E-state index contributed by atoms with van der Waals surface area (Å²) in [5, 5.41) is 11.2. The van der Waals surface area contributed by atoms with E-state index in [0.717, 1.165) is 30.3 Å². The van der Waals surface area contributed by atoms with E-state index in [-0.39, 0.29) is 42.5 Å². The van der Waals surface area contributed by atoms with Crippen molar-refractivity contribution >= 4 is 29.1 Å². The highest BCUT2D eigenvalue weighted by atomic mass is 35.5. The van der Waals surface area contributed by atoms with Crippen LogP contribution in [-0.4, -0.2) is 65.5 Å². The molecule has 8 nitrogen and oxygen atoms in total. The van der Waals surface area contributed by atoms with Crippen molar-refractivity contribution in [3.63, 3.8) is 0 Å². The number of nitro benzene ring substituents is 1. The second-order valence-corrected chi connectivity index (χ2v) is 7.46. The number of nitro groups is 1. The quantitative estimate of drug-likeness (QED) is 0.360. The van der Waals surface area contributed by atoms with Crippen molar-refractivity contribution < 1.29 is 36.8 Å². The summed E-state index contributed by atoms with van der Waals surface area (Å²) in [7, 11) is 0. The predicted molar refractivity (Wildman–Crippen MR) is 108 cm³/mol. The minimum absolute atomic E-state index is 0.00811. The van der Waals surface area contributed by atoms with Gasteiger partial charge < -0.3 is 14.5 Å². The smallest absolute Gasteiger partial charge is 0.422 e. The number of hydrogen-bond acceptors (Lipinski definition) is 5. The molecule has 2 amide bonds. The van der Waals surface area contributed by atoms with Gasteiger partial charge in [-0.05, 0) is 30.3 Å². The first kappa shape index (κ1) is 24.2. The monoisotopic (exact) mass is 489 g/mol. The average Bonchev–Trinajstić information content (AvgIpc) is 2.76. The van der Waals surface area contributed by atoms with E-state index in [2.05, 4.69) is 4.74 Å². The van der Waals surface area contributed by atoms with Crippen LogP contribution in [0.2, 0.25) is 5.02 Å². The summed E-state index contributed by atoms with van der Waals surface area (Å²) in [6.45, 7) is -1.47. The van der Waals surface area contributed by atoms with Crippen LogP contribution in [0.25, 0.3) is 0 Å². The lowest BCUT2D eigenvalue weighted by Crippen LogP contribution is -2.50. The minimum atomic E-state index is -4.62. The summed E-state index contributed by atoms with van der Waals surface area (Å²) >= 11 is 5.92. The van der Waals surface area contributed by atoms with Crippen LogP contribution in [0, 0.1) is 15.9 Å². The highest BCUT2D eigenvalue weighted by Gasteiger charge is 2.32. The van der Waals surface area contributed by atoms with E-state index in [1.165, 1.54) is 15.9 Å². The molecule has 1 saturated heterocycles. The molecule has 2 aromatic carbocycles. The maximum atomic E-state index is 13.2. The molecule has 176 valence electrons. The zero-order chi connectivity index (χ0) is 24.3. The van der Waals surface area contributed by atoms with Crippen molar-refractivity contribution in [2.45, 2.75) is 6.18 Å². The van der Waals surface area contributed by atoms with Gasteiger partial charge in [0.15, 0.2) is 6.61 Å². The van der Waals surface area contributed by atoms with Crippen molar-refractivity contribution in [3.05, 3.63) is 68.5 Å². The van der Waals surface area contributed by atoms with E-state index in [4.69, 9.17) is 11.6 Å². The lowest BCUT2D eigenvalue weighted by Gasteiger charge is -2.35. The lowest BCUT2D eigenvalue weighted by molar-refractivity contribution is -0.385. The number of halogens is 5. The molecule has 2 aromatic rings. The van der Waals surface area contributed by atoms with E-state index < -0.39 is 46.6 Å². The minimum Gasteiger partial charge on any atom is -0.484 e. The van der Waals surface area contributed by atoms with Gasteiger partial charge >= 0.3 is 6.18 Å². The number of carbonyl (C=O) groups is 2. The molecule has 1 fully saturated rings. The Morgan fingerprint density at radius 2 is 1.58 bits per heavy atom. The summed E-state index contributed by atoms with van der Waals surface area (Å²) < 4.78 is 55.0. The lowest BCUT2D eigenvalue weighted by atomic mass is 10.1. The Kier molecular flexibility index (Phi) is 7.06. The molecule has 0 aliphatic carbocycles. The highest BCUT2D eigenvalue weighted by Crippen LogP contribution is 2.28. The number of hydrogen-bond donors (Lipinski definition) is 0. The number of rotatable bonds is 5. The van der Waals surface area contributed by atoms with Gasteiger partial charge in [-0.1, -0.05) is 11.6 Å². The van der Waals surface area contributed by atoms with Crippen LogP contribution in [0.5, 0.6) is 5.75 Å². The van der Waals surface area contributed by atoms with Crippen LogP contribution in [0.15, 0.2) is 36.4 Å². The van der Waals surface area contributed by atoms with Gasteiger partial charge in [-0.15, -0.1) is 0 Å². The standard InChI is InChI=1S/C20H16ClF4N3O5/c21-16-9-12(22)1-3-14(16)18(29)26-5-7-27(8-6-26)19(30)15-10-13(33-11-20(23,24)25)2-4-17(15)28(31)32/h1-4,9-10H,5-8,11H2. The normalized spacial score (nSPS) is 14.2. The zero-order valence-electron chi connectivity index (χ0n) is 16.8. The van der Waals surface area contributed by atoms with Crippen molar-refractivity contribution in [3.8, 4) is 5.75 Å². The van der Waals surface area contributed by atoms with Crippen LogP contribution >= 0.6 is 11.6 Å². The Hall–Kier alpha value is -3.41. The number of amides is 2. The Morgan fingerprint density at radius 3 is 2.09 bits per heavy atom. The SMILES string of the molecule is O=C(c1ccc(F)cc1Cl)N1CCN(C(=O)c2cc(OCC(F)(F)F)ccc2[N+](=O)[O-])CC1. The summed E-state index contributed by atoms with van der Waals surface area (Å²) in [4.78, 5) is 38.7. The number of piperazine rings is 1. The van der Waals surface area contributed by atoms with E-state index in [9.17, 15) is 37.3 Å². The molecule has 0 aromatic heterocycles. The number of nitrogens with zero attached hydrogens (tertiary/aromatic N) is 3. The fourth-order valence-corrected chi connectivity index (χ4v) is 3.46. The Bertz CT molecular complexity index is 1090. The third kappa shape index (κ3) is 5.89. The van der Waals surface area contributed by atoms with Crippen LogP contribution in [0.3, 0.4) is 0 Å². The van der Waals surface area contributed by atoms with Gasteiger partial charge in [0, 0.05) is 32.2 Å². The summed E-state index contributed by atoms with van der Waals surface area (Å²) in [6, 6.07) is 6.10. The van der Waals surface area contributed by atoms with Gasteiger partial charge in [0.1, 0.15) is 17.1 Å². The Morgan fingerprint density at radius 1 is 1.00 bits per heavy atom. The maximum absolute atomic E-state index is 13.2. The van der Waals surface area contributed by atoms with Crippen molar-refractivity contribution in [1.29, 1.82) is 0 Å². The van der Waals surface area contributed by atoms with Crippen LogP contribution in [0.4, 0.5) is 23.2 Å². The molecule has 1 aliphatic rings. The summed E-state index contributed by atoms with van der Waals surface area (Å²) in [6.07, 6.45) is -4.62. The fourth-order valence-electron chi connectivity index (χ4n) is 3.22. The van der Waals surface area contributed by atoms with Gasteiger partial charge in [-0.3, -0.25) is 19.7 Å². The van der Waals surface area contributed by atoms with Crippen molar-refractivity contribution in [1.82, 2.24) is 9.80 Å². The molecular formula is C20H16ClF4N3O5. The van der Waals surface area contributed by atoms with Gasteiger partial charge in [0.25, 0.3) is 17.5 Å². The number of alkyl halides is 3. The summed E-state index contributed by atoms with van der Waals surface area (Å²) in [5.74, 6) is -2.21. The topological polar surface area (TPSA) is 93.0 Å². The Balaban J connectivity index is 1.73. The molecule has 3 rings (SSSR count). The first-order valence-electron chi connectivity index (χ1n) is 9.48. The molecule has 0 spiro atoms. The van der Waals surface area contributed by atoms with Gasteiger partial charge in [-0.2, -0.15) is 13.2 Å². The number of carbonyl (C=O) groups excluding carboxylic acids is 2. The average molecular weight is 490 g/mol. The van der Waals surface area contributed by atoms with E-state index in [1.54, 1.807) is 0 Å². The molecule has 33 heavy (non-hydrogen) atoms. The first-order chi connectivity index (χ1) is 15.5. The predicted octanol–water partition coefficient (Wildman–Crippen LogP) is 3.93. The highest BCUT2D eigenvalue weighted by molar-refractivity contribution is 6.33. The molecule has 0 bridgehead atoms. The Labute approximate surface area is 189 Å². The third-order valence-electron chi connectivity index (χ3n) is 4.81. The first-order valence-corrected chi connectivity index (χ1v) is 9.85.